The molecular weight excluding hydrogens is 220 g/mol. The summed E-state index contributed by atoms with van der Waals surface area (Å²) >= 11 is 0. The Hall–Kier alpha value is -0.890. The van der Waals surface area contributed by atoms with E-state index in [2.05, 4.69) is 17.5 Å². The molecule has 4 aliphatic rings. The molecule has 3 fully saturated rings. The third kappa shape index (κ3) is 1.36. The molecule has 2 bridgehead atoms. The number of allylic oxidation sites excluding steroid dienone is 3. The van der Waals surface area contributed by atoms with E-state index in [4.69, 9.17) is 5.41 Å². The van der Waals surface area contributed by atoms with Crippen molar-refractivity contribution in [1.29, 1.82) is 5.41 Å². The highest BCUT2D eigenvalue weighted by molar-refractivity contribution is 5.96. The second-order valence-electron chi connectivity index (χ2n) is 6.54. The highest BCUT2D eigenvalue weighted by Gasteiger charge is 2.53. The zero-order chi connectivity index (χ0) is 12.2. The second kappa shape index (κ2) is 3.80. The predicted octanol–water partition coefficient (Wildman–Crippen LogP) is 3.20. The molecule has 1 saturated heterocycles. The van der Waals surface area contributed by atoms with Gasteiger partial charge in [-0.3, -0.25) is 0 Å². The largest absolute Gasteiger partial charge is 0.313 e. The van der Waals surface area contributed by atoms with Crippen molar-refractivity contribution in [3.8, 4) is 0 Å². The molecule has 0 spiro atoms. The van der Waals surface area contributed by atoms with E-state index < -0.39 is 0 Å². The lowest BCUT2D eigenvalue weighted by Gasteiger charge is -2.57. The molecule has 96 valence electrons. The molecule has 2 nitrogen and oxygen atoms in total. The normalized spacial score (nSPS) is 42.6. The second-order valence-corrected chi connectivity index (χ2v) is 6.54. The van der Waals surface area contributed by atoms with Gasteiger partial charge in [-0.2, -0.15) is 0 Å². The molecule has 0 aromatic rings. The summed E-state index contributed by atoms with van der Waals surface area (Å²) < 4.78 is 0. The Morgan fingerprint density at radius 1 is 1.28 bits per heavy atom. The Bertz CT molecular complexity index is 456. The molecule has 2 N–H and O–H groups in total. The van der Waals surface area contributed by atoms with Gasteiger partial charge in [-0.05, 0) is 55.4 Å². The highest BCUT2D eigenvalue weighted by atomic mass is 15.0. The van der Waals surface area contributed by atoms with Gasteiger partial charge in [-0.1, -0.05) is 18.9 Å². The minimum atomic E-state index is 0.435. The van der Waals surface area contributed by atoms with Crippen LogP contribution in [0.2, 0.25) is 0 Å². The van der Waals surface area contributed by atoms with Crippen LogP contribution < -0.4 is 5.32 Å². The minimum Gasteiger partial charge on any atom is -0.313 e. The molecule has 1 aliphatic heterocycles. The van der Waals surface area contributed by atoms with Gasteiger partial charge in [-0.25, -0.2) is 0 Å². The fraction of sp³-hybridized carbons (Fsp3) is 0.688. The maximum atomic E-state index is 8.01. The van der Waals surface area contributed by atoms with Crippen LogP contribution in [0, 0.1) is 16.7 Å². The summed E-state index contributed by atoms with van der Waals surface area (Å²) in [6, 6.07) is 0.717. The molecule has 0 unspecified atom stereocenters. The quantitative estimate of drug-likeness (QED) is 0.672. The van der Waals surface area contributed by atoms with E-state index in [1.165, 1.54) is 45.1 Å². The Balaban J connectivity index is 1.84. The van der Waals surface area contributed by atoms with Crippen molar-refractivity contribution in [2.24, 2.45) is 11.3 Å². The maximum absolute atomic E-state index is 8.01. The van der Waals surface area contributed by atoms with E-state index in [1.807, 2.05) is 0 Å². The number of hydrogen-bond acceptors (Lipinski definition) is 2. The van der Waals surface area contributed by atoms with Crippen LogP contribution in [0.3, 0.4) is 0 Å². The summed E-state index contributed by atoms with van der Waals surface area (Å²) in [7, 11) is 0. The van der Waals surface area contributed by atoms with Gasteiger partial charge in [0.1, 0.15) is 0 Å². The molecular formula is C16H22N2. The fourth-order valence-electron chi connectivity index (χ4n) is 5.03. The van der Waals surface area contributed by atoms with Gasteiger partial charge >= 0.3 is 0 Å². The molecule has 2 saturated carbocycles. The average molecular weight is 242 g/mol. The SMILES string of the molecule is N=C1C=C2C(=CC1)C[C@H]1NCC[C@@]23CCCC[C@@H]13. The molecule has 0 aromatic carbocycles. The molecule has 1 heterocycles. The van der Waals surface area contributed by atoms with Crippen LogP contribution in [-0.2, 0) is 0 Å². The zero-order valence-corrected chi connectivity index (χ0v) is 11.0. The number of piperidine rings is 1. The molecule has 3 aliphatic carbocycles. The summed E-state index contributed by atoms with van der Waals surface area (Å²) in [5.41, 5.74) is 4.40. The summed E-state index contributed by atoms with van der Waals surface area (Å²) in [6.45, 7) is 1.18. The van der Waals surface area contributed by atoms with Crippen molar-refractivity contribution in [1.82, 2.24) is 5.32 Å². The first-order valence-electron chi connectivity index (χ1n) is 7.52. The Kier molecular flexibility index (Phi) is 2.32. The van der Waals surface area contributed by atoms with Gasteiger partial charge in [0.25, 0.3) is 0 Å². The lowest BCUT2D eigenvalue weighted by Crippen LogP contribution is -2.57. The number of fused-ring (bicyclic) bond motifs is 1. The van der Waals surface area contributed by atoms with E-state index in [1.54, 1.807) is 11.1 Å². The van der Waals surface area contributed by atoms with Gasteiger partial charge in [0.05, 0.1) is 0 Å². The van der Waals surface area contributed by atoms with Crippen LogP contribution >= 0.6 is 0 Å². The number of rotatable bonds is 0. The van der Waals surface area contributed by atoms with E-state index in [9.17, 15) is 0 Å². The summed E-state index contributed by atoms with van der Waals surface area (Å²) in [5.74, 6) is 0.842. The Labute approximate surface area is 109 Å². The first kappa shape index (κ1) is 11.0. The molecule has 18 heavy (non-hydrogen) atoms. The molecule has 4 rings (SSSR count). The highest BCUT2D eigenvalue weighted by Crippen LogP contribution is 2.59. The Morgan fingerprint density at radius 2 is 2.22 bits per heavy atom. The van der Waals surface area contributed by atoms with E-state index in [0.717, 1.165) is 24.1 Å². The standard InChI is InChI=1S/C16H22N2/c17-12-5-4-11-9-15-13-3-1-2-6-16(13,7-8-18-15)14(11)10-12/h4,10,13,15,17-18H,1-3,5-9H2/t13-,15+,16+/m0/s1. The first-order chi connectivity index (χ1) is 8.79. The summed E-state index contributed by atoms with van der Waals surface area (Å²) in [4.78, 5) is 0. The third-order valence-electron chi connectivity index (χ3n) is 5.77. The van der Waals surface area contributed by atoms with E-state index in [-0.39, 0.29) is 0 Å². The molecule has 0 aromatic heterocycles. The smallest absolute Gasteiger partial charge is 0.0354 e. The van der Waals surface area contributed by atoms with Crippen molar-refractivity contribution in [2.45, 2.75) is 51.0 Å². The van der Waals surface area contributed by atoms with E-state index >= 15 is 0 Å². The topological polar surface area (TPSA) is 35.9 Å². The van der Waals surface area contributed by atoms with Crippen LogP contribution in [-0.4, -0.2) is 18.3 Å². The van der Waals surface area contributed by atoms with Crippen LogP contribution in [0.5, 0.6) is 0 Å². The molecule has 2 heteroatoms. The monoisotopic (exact) mass is 242 g/mol. The van der Waals surface area contributed by atoms with Gasteiger partial charge in [0.15, 0.2) is 0 Å². The Morgan fingerprint density at radius 3 is 3.17 bits per heavy atom. The molecule has 3 atom stereocenters. The van der Waals surface area contributed by atoms with Crippen LogP contribution in [0.15, 0.2) is 23.3 Å². The van der Waals surface area contributed by atoms with Gasteiger partial charge in [-0.15, -0.1) is 0 Å². The lowest BCUT2D eigenvalue weighted by molar-refractivity contribution is 0.0430. The maximum Gasteiger partial charge on any atom is 0.0354 e. The van der Waals surface area contributed by atoms with Crippen molar-refractivity contribution < 1.29 is 0 Å². The summed E-state index contributed by atoms with van der Waals surface area (Å²) in [5, 5.41) is 11.8. The average Bonchev–Trinajstić information content (AvgIpc) is 2.40. The van der Waals surface area contributed by atoms with Crippen LogP contribution in [0.1, 0.15) is 44.9 Å². The summed E-state index contributed by atoms with van der Waals surface area (Å²) in [6.07, 6.45) is 13.5. The zero-order valence-electron chi connectivity index (χ0n) is 11.0. The van der Waals surface area contributed by atoms with Gasteiger partial charge in [0, 0.05) is 23.6 Å². The number of hydrogen-bond donors (Lipinski definition) is 2. The fourth-order valence-corrected chi connectivity index (χ4v) is 5.03. The van der Waals surface area contributed by atoms with Crippen molar-refractivity contribution in [2.75, 3.05) is 6.54 Å². The van der Waals surface area contributed by atoms with Gasteiger partial charge in [0.2, 0.25) is 0 Å². The third-order valence-corrected chi connectivity index (χ3v) is 5.77. The van der Waals surface area contributed by atoms with Crippen LogP contribution in [0.4, 0.5) is 0 Å². The number of nitrogens with one attached hydrogen (secondary N) is 2. The predicted molar refractivity (Wildman–Crippen MR) is 73.9 cm³/mol. The van der Waals surface area contributed by atoms with Crippen molar-refractivity contribution in [3.63, 3.8) is 0 Å². The van der Waals surface area contributed by atoms with Crippen LogP contribution in [0.25, 0.3) is 0 Å². The van der Waals surface area contributed by atoms with Crippen molar-refractivity contribution >= 4 is 5.71 Å². The first-order valence-corrected chi connectivity index (χ1v) is 7.52. The molecule has 0 radical (unpaired) electrons. The lowest BCUT2D eigenvalue weighted by atomic mass is 9.51. The molecule has 0 amide bonds. The van der Waals surface area contributed by atoms with Crippen molar-refractivity contribution in [3.05, 3.63) is 23.3 Å². The van der Waals surface area contributed by atoms with E-state index in [0.29, 0.717) is 5.41 Å². The van der Waals surface area contributed by atoms with Gasteiger partial charge < -0.3 is 10.7 Å². The minimum absolute atomic E-state index is 0.435.